The van der Waals surface area contributed by atoms with Crippen LogP contribution in [0.2, 0.25) is 0 Å². The first-order valence-electron chi connectivity index (χ1n) is 19.4. The third-order valence-corrected chi connectivity index (χ3v) is 16.5. The van der Waals surface area contributed by atoms with Crippen molar-refractivity contribution in [3.63, 3.8) is 0 Å². The summed E-state index contributed by atoms with van der Waals surface area (Å²) in [5.74, 6) is 3.90. The molecule has 2 nitrogen and oxygen atoms in total. The van der Waals surface area contributed by atoms with Crippen LogP contribution >= 0.6 is 23.5 Å². The topological polar surface area (TPSA) is 40.5 Å². The summed E-state index contributed by atoms with van der Waals surface area (Å²) in [6.07, 6.45) is 5.84. The monoisotopic (exact) mass is 721 g/mol. The first-order valence-corrected chi connectivity index (χ1v) is 21.7. The summed E-state index contributed by atoms with van der Waals surface area (Å²) < 4.78 is 0. The van der Waals surface area contributed by atoms with E-state index in [1.807, 2.05) is 23.5 Å². The summed E-state index contributed by atoms with van der Waals surface area (Å²) in [4.78, 5) is 0. The molecule has 0 aliphatic carbocycles. The van der Waals surface area contributed by atoms with Crippen LogP contribution in [0.4, 0.5) is 0 Å². The summed E-state index contributed by atoms with van der Waals surface area (Å²) in [6.45, 7) is 47.6. The fourth-order valence-electron chi connectivity index (χ4n) is 7.65. The van der Waals surface area contributed by atoms with E-state index in [1.54, 1.807) is 0 Å². The maximum Gasteiger partial charge on any atom is 0.0521 e. The molecule has 0 radical (unpaired) electrons. The maximum atomic E-state index is 9.29. The minimum Gasteiger partial charge on any atom is -0.396 e. The molecule has 288 valence electrons. The molecule has 0 fully saturated rings. The van der Waals surface area contributed by atoms with Crippen LogP contribution in [0.5, 0.6) is 0 Å². The molecule has 0 aliphatic rings. The van der Waals surface area contributed by atoms with Gasteiger partial charge in [-0.1, -0.05) is 150 Å². The van der Waals surface area contributed by atoms with Gasteiger partial charge in [-0.15, -0.1) is 0 Å². The van der Waals surface area contributed by atoms with Crippen LogP contribution in [0.15, 0.2) is 18.2 Å². The van der Waals surface area contributed by atoms with Crippen LogP contribution in [0.1, 0.15) is 180 Å². The standard InChI is InChI=1S/C45H84O2S2/c1-37(2,3)34-29-35(44(16,17)42(12,13)32-40(8,9)38(4,5)21-20-25-48-27-23-46)31-36(30-34)45(18,19)43(14,15)33-41(10,11)39(6,7)22-26-49-28-24-47/h29-31,46-47H,20-28,32-33H2,1-19H3. The zero-order valence-corrected chi connectivity index (χ0v) is 37.9. The van der Waals surface area contributed by atoms with E-state index >= 15 is 0 Å². The Morgan fingerprint density at radius 1 is 0.408 bits per heavy atom. The lowest BCUT2D eigenvalue weighted by Crippen LogP contribution is -2.45. The van der Waals surface area contributed by atoms with E-state index in [4.69, 9.17) is 0 Å². The Bertz CT molecular complexity index is 1160. The first kappa shape index (κ1) is 46.9. The molecule has 0 saturated heterocycles. The molecule has 0 spiro atoms. The fourth-order valence-corrected chi connectivity index (χ4v) is 9.32. The van der Waals surface area contributed by atoms with Crippen molar-refractivity contribution in [2.75, 3.05) is 36.2 Å². The van der Waals surface area contributed by atoms with Crippen molar-refractivity contribution in [3.05, 3.63) is 34.9 Å². The summed E-state index contributed by atoms with van der Waals surface area (Å²) in [7, 11) is 0. The van der Waals surface area contributed by atoms with Gasteiger partial charge >= 0.3 is 0 Å². The van der Waals surface area contributed by atoms with E-state index in [0.29, 0.717) is 0 Å². The van der Waals surface area contributed by atoms with E-state index in [0.717, 1.165) is 42.3 Å². The van der Waals surface area contributed by atoms with Gasteiger partial charge in [0.05, 0.1) is 13.2 Å². The maximum absolute atomic E-state index is 9.29. The molecule has 0 bridgehead atoms. The number of thioether (sulfide) groups is 2. The van der Waals surface area contributed by atoms with Gasteiger partial charge in [0.1, 0.15) is 0 Å². The van der Waals surface area contributed by atoms with Crippen molar-refractivity contribution in [1.82, 2.24) is 0 Å². The van der Waals surface area contributed by atoms with Crippen LogP contribution in [0.25, 0.3) is 0 Å². The molecular weight excluding hydrogens is 637 g/mol. The van der Waals surface area contributed by atoms with Crippen LogP contribution < -0.4 is 0 Å². The number of hydrogen-bond acceptors (Lipinski definition) is 4. The van der Waals surface area contributed by atoms with Crippen molar-refractivity contribution < 1.29 is 10.2 Å². The van der Waals surface area contributed by atoms with Crippen molar-refractivity contribution in [2.45, 2.75) is 180 Å². The Morgan fingerprint density at radius 2 is 0.755 bits per heavy atom. The summed E-state index contributed by atoms with van der Waals surface area (Å²) in [6, 6.07) is 7.68. The molecular formula is C45H84O2S2. The van der Waals surface area contributed by atoms with Crippen molar-refractivity contribution in [1.29, 1.82) is 0 Å². The van der Waals surface area contributed by atoms with E-state index in [1.165, 1.54) is 29.5 Å². The smallest absolute Gasteiger partial charge is 0.0521 e. The predicted octanol–water partition coefficient (Wildman–Crippen LogP) is 13.1. The lowest BCUT2D eigenvalue weighted by molar-refractivity contribution is 0.0164. The number of hydrogen-bond donors (Lipinski definition) is 2. The second kappa shape index (κ2) is 16.9. The molecule has 4 heteroatoms. The molecule has 49 heavy (non-hydrogen) atoms. The summed E-state index contributed by atoms with van der Waals surface area (Å²) in [5.41, 5.74) is 5.17. The number of aliphatic hydroxyl groups is 2. The fraction of sp³-hybridized carbons (Fsp3) is 0.867. The highest BCUT2D eigenvalue weighted by molar-refractivity contribution is 7.99. The van der Waals surface area contributed by atoms with Gasteiger partial charge in [0, 0.05) is 11.5 Å². The zero-order valence-electron chi connectivity index (χ0n) is 36.2. The first-order chi connectivity index (χ1) is 21.9. The van der Waals surface area contributed by atoms with Crippen LogP contribution in [-0.4, -0.2) is 46.4 Å². The Labute approximate surface area is 315 Å². The Balaban J connectivity index is 3.59. The average molecular weight is 721 g/mol. The molecule has 2 N–H and O–H groups in total. The molecule has 0 unspecified atom stereocenters. The summed E-state index contributed by atoms with van der Waals surface area (Å²) >= 11 is 3.75. The van der Waals surface area contributed by atoms with Gasteiger partial charge in [-0.3, -0.25) is 0 Å². The molecule has 0 amide bonds. The van der Waals surface area contributed by atoms with Crippen molar-refractivity contribution >= 4 is 23.5 Å². The molecule has 1 aromatic carbocycles. The molecule has 1 rings (SSSR count). The highest BCUT2D eigenvalue weighted by Crippen LogP contribution is 2.57. The molecule has 0 atom stereocenters. The normalized spacial score (nSPS) is 14.9. The van der Waals surface area contributed by atoms with Gasteiger partial charge in [-0.05, 0) is 109 Å². The minimum absolute atomic E-state index is 0.0406. The molecule has 0 saturated carbocycles. The highest BCUT2D eigenvalue weighted by atomic mass is 32.2. The third-order valence-electron chi connectivity index (χ3n) is 14.5. The van der Waals surface area contributed by atoms with E-state index < -0.39 is 0 Å². The quantitative estimate of drug-likeness (QED) is 0.124. The number of aliphatic hydroxyl groups excluding tert-OH is 2. The largest absolute Gasteiger partial charge is 0.396 e. The Kier molecular flexibility index (Phi) is 16.1. The van der Waals surface area contributed by atoms with Gasteiger partial charge in [-0.2, -0.15) is 23.5 Å². The molecule has 0 aliphatic heterocycles. The summed E-state index contributed by atoms with van der Waals surface area (Å²) in [5, 5.41) is 18.5. The lowest BCUT2D eigenvalue weighted by atomic mass is 9.52. The average Bonchev–Trinajstić information content (AvgIpc) is 2.93. The Morgan fingerprint density at radius 3 is 1.12 bits per heavy atom. The van der Waals surface area contributed by atoms with E-state index in [2.05, 4.69) is 150 Å². The van der Waals surface area contributed by atoms with Gasteiger partial charge in [0.15, 0.2) is 0 Å². The van der Waals surface area contributed by atoms with Gasteiger partial charge in [0.25, 0.3) is 0 Å². The van der Waals surface area contributed by atoms with Crippen molar-refractivity contribution in [2.24, 2.45) is 32.5 Å². The predicted molar refractivity (Wildman–Crippen MR) is 226 cm³/mol. The van der Waals surface area contributed by atoms with Crippen LogP contribution in [0.3, 0.4) is 0 Å². The second-order valence-corrected chi connectivity index (χ2v) is 23.9. The van der Waals surface area contributed by atoms with Crippen LogP contribution in [-0.2, 0) is 16.2 Å². The van der Waals surface area contributed by atoms with Gasteiger partial charge in [-0.25, -0.2) is 0 Å². The van der Waals surface area contributed by atoms with Crippen molar-refractivity contribution in [3.8, 4) is 0 Å². The number of benzene rings is 1. The zero-order chi connectivity index (χ0) is 38.5. The van der Waals surface area contributed by atoms with Gasteiger partial charge in [0.2, 0.25) is 0 Å². The number of rotatable bonds is 21. The Hall–Kier alpha value is -0.160. The molecule has 0 heterocycles. The third kappa shape index (κ3) is 11.7. The molecule has 0 aromatic heterocycles. The molecule has 1 aromatic rings. The van der Waals surface area contributed by atoms with E-state index in [9.17, 15) is 10.2 Å². The van der Waals surface area contributed by atoms with Gasteiger partial charge < -0.3 is 10.2 Å². The van der Waals surface area contributed by atoms with Crippen LogP contribution in [0, 0.1) is 32.5 Å². The SMILES string of the molecule is CC(C)(C)c1cc(C(C)(C)C(C)(C)CC(C)(C)C(C)(C)CCCSCCO)cc(C(C)(C)C(C)(C)CC(C)(C)C(C)(C)CCSCCO)c1. The minimum atomic E-state index is -0.0441. The van der Waals surface area contributed by atoms with E-state index in [-0.39, 0.29) is 61.9 Å². The lowest BCUT2D eigenvalue weighted by Gasteiger charge is -2.53. The highest BCUT2D eigenvalue weighted by Gasteiger charge is 2.49. The second-order valence-electron chi connectivity index (χ2n) is 21.5.